The molecule has 3 aromatic rings. The van der Waals surface area contributed by atoms with E-state index < -0.39 is 0 Å². The fraction of sp³-hybridized carbons (Fsp3) is 0.0952. The molecule has 0 aliphatic rings. The van der Waals surface area contributed by atoms with Crippen molar-refractivity contribution in [2.75, 3.05) is 17.7 Å². The Morgan fingerprint density at radius 3 is 2.26 bits per heavy atom. The van der Waals surface area contributed by atoms with Crippen LogP contribution in [0.25, 0.3) is 0 Å². The number of thioether (sulfide) groups is 1. The lowest BCUT2D eigenvalue weighted by molar-refractivity contribution is 0.102. The van der Waals surface area contributed by atoms with E-state index in [2.05, 4.69) is 17.4 Å². The van der Waals surface area contributed by atoms with Gasteiger partial charge >= 0.3 is 0 Å². The number of halogens is 2. The van der Waals surface area contributed by atoms with Crippen LogP contribution in [0.1, 0.15) is 10.4 Å². The standard InChI is InChI=1S/C21H17Cl2NO2S/c22-16-12-17(23)14-18(13-16)24-21(25)15-6-8-19(9-7-15)26-10-11-27-20-4-2-1-3-5-20/h1-9,12-14H,10-11H2,(H,24,25). The van der Waals surface area contributed by atoms with Crippen LogP contribution >= 0.6 is 35.0 Å². The van der Waals surface area contributed by atoms with Gasteiger partial charge in [-0.1, -0.05) is 41.4 Å². The van der Waals surface area contributed by atoms with E-state index in [9.17, 15) is 4.79 Å². The first-order valence-electron chi connectivity index (χ1n) is 8.28. The van der Waals surface area contributed by atoms with E-state index in [1.165, 1.54) is 4.90 Å². The molecule has 0 fully saturated rings. The molecule has 0 radical (unpaired) electrons. The van der Waals surface area contributed by atoms with Crippen molar-refractivity contribution in [3.8, 4) is 5.75 Å². The topological polar surface area (TPSA) is 38.3 Å². The molecule has 0 aliphatic carbocycles. The van der Waals surface area contributed by atoms with Crippen LogP contribution in [0.2, 0.25) is 10.0 Å². The summed E-state index contributed by atoms with van der Waals surface area (Å²) in [6.07, 6.45) is 0. The Bertz CT molecular complexity index is 882. The van der Waals surface area contributed by atoms with Crippen LogP contribution in [-0.4, -0.2) is 18.3 Å². The van der Waals surface area contributed by atoms with Crippen molar-refractivity contribution in [2.45, 2.75) is 4.90 Å². The van der Waals surface area contributed by atoms with Gasteiger partial charge in [0.25, 0.3) is 5.91 Å². The Kier molecular flexibility index (Phi) is 7.04. The third kappa shape index (κ3) is 6.21. The Hall–Kier alpha value is -2.14. The molecule has 0 spiro atoms. The zero-order chi connectivity index (χ0) is 19.1. The van der Waals surface area contributed by atoms with Gasteiger partial charge in [-0.15, -0.1) is 11.8 Å². The highest BCUT2D eigenvalue weighted by atomic mass is 35.5. The summed E-state index contributed by atoms with van der Waals surface area (Å²) in [5, 5.41) is 3.71. The third-order valence-electron chi connectivity index (χ3n) is 3.60. The van der Waals surface area contributed by atoms with E-state index in [0.717, 1.165) is 11.5 Å². The molecular weight excluding hydrogens is 401 g/mol. The summed E-state index contributed by atoms with van der Waals surface area (Å²) in [5.74, 6) is 1.34. The number of amides is 1. The molecule has 1 N–H and O–H groups in total. The Balaban J connectivity index is 1.49. The van der Waals surface area contributed by atoms with Gasteiger partial charge in [0.05, 0.1) is 6.61 Å². The number of hydrogen-bond donors (Lipinski definition) is 1. The number of carbonyl (C=O) groups is 1. The van der Waals surface area contributed by atoms with Gasteiger partial charge in [-0.3, -0.25) is 4.79 Å². The minimum absolute atomic E-state index is 0.237. The van der Waals surface area contributed by atoms with Crippen molar-refractivity contribution in [3.63, 3.8) is 0 Å². The van der Waals surface area contributed by atoms with Gasteiger partial charge in [0.1, 0.15) is 5.75 Å². The summed E-state index contributed by atoms with van der Waals surface area (Å²) in [7, 11) is 0. The minimum atomic E-state index is -0.237. The molecule has 0 saturated heterocycles. The summed E-state index contributed by atoms with van der Waals surface area (Å²) in [6.45, 7) is 0.589. The highest BCUT2D eigenvalue weighted by Crippen LogP contribution is 2.23. The monoisotopic (exact) mass is 417 g/mol. The maximum atomic E-state index is 12.3. The predicted molar refractivity (Wildman–Crippen MR) is 114 cm³/mol. The molecule has 0 aromatic heterocycles. The lowest BCUT2D eigenvalue weighted by Crippen LogP contribution is -2.11. The van der Waals surface area contributed by atoms with Gasteiger partial charge < -0.3 is 10.1 Å². The normalized spacial score (nSPS) is 10.4. The zero-order valence-corrected chi connectivity index (χ0v) is 16.7. The molecule has 6 heteroatoms. The molecule has 0 saturated carbocycles. The van der Waals surface area contributed by atoms with Crippen molar-refractivity contribution in [3.05, 3.63) is 88.4 Å². The molecular formula is C21H17Cl2NO2S. The maximum Gasteiger partial charge on any atom is 0.255 e. The summed E-state index contributed by atoms with van der Waals surface area (Å²) in [4.78, 5) is 13.5. The molecule has 0 bridgehead atoms. The van der Waals surface area contributed by atoms with Crippen LogP contribution in [0.3, 0.4) is 0 Å². The van der Waals surface area contributed by atoms with E-state index in [1.54, 1.807) is 54.2 Å². The number of nitrogens with one attached hydrogen (secondary N) is 1. The number of ether oxygens (including phenoxy) is 1. The highest BCUT2D eigenvalue weighted by Gasteiger charge is 2.08. The van der Waals surface area contributed by atoms with E-state index >= 15 is 0 Å². The number of benzene rings is 3. The van der Waals surface area contributed by atoms with Crippen LogP contribution < -0.4 is 10.1 Å². The van der Waals surface area contributed by atoms with E-state index in [0.29, 0.717) is 27.9 Å². The molecule has 0 heterocycles. The molecule has 3 aromatic carbocycles. The third-order valence-corrected chi connectivity index (χ3v) is 5.01. The summed E-state index contributed by atoms with van der Waals surface area (Å²) < 4.78 is 5.72. The van der Waals surface area contributed by atoms with Gasteiger partial charge in [0.15, 0.2) is 0 Å². The lowest BCUT2D eigenvalue weighted by Gasteiger charge is -2.09. The fourth-order valence-corrected chi connectivity index (χ4v) is 3.65. The van der Waals surface area contributed by atoms with Gasteiger partial charge in [0.2, 0.25) is 0 Å². The van der Waals surface area contributed by atoms with Gasteiger partial charge in [-0.2, -0.15) is 0 Å². The molecule has 138 valence electrons. The number of rotatable bonds is 7. The van der Waals surface area contributed by atoms with Crippen molar-refractivity contribution >= 4 is 46.6 Å². The van der Waals surface area contributed by atoms with Gasteiger partial charge in [-0.25, -0.2) is 0 Å². The summed E-state index contributed by atoms with van der Waals surface area (Å²) >= 11 is 13.6. The molecule has 0 aliphatic heterocycles. The first-order chi connectivity index (χ1) is 13.1. The molecule has 27 heavy (non-hydrogen) atoms. The first-order valence-corrected chi connectivity index (χ1v) is 10.0. The second-order valence-electron chi connectivity index (χ2n) is 5.65. The van der Waals surface area contributed by atoms with Gasteiger partial charge in [-0.05, 0) is 54.6 Å². The number of carbonyl (C=O) groups excluding carboxylic acids is 1. The molecule has 3 nitrogen and oxygen atoms in total. The Morgan fingerprint density at radius 1 is 0.926 bits per heavy atom. The van der Waals surface area contributed by atoms with Crippen LogP contribution in [0.5, 0.6) is 5.75 Å². The van der Waals surface area contributed by atoms with Crippen molar-refractivity contribution in [1.29, 1.82) is 0 Å². The maximum absolute atomic E-state index is 12.3. The number of anilines is 1. The van der Waals surface area contributed by atoms with Crippen LogP contribution in [-0.2, 0) is 0 Å². The van der Waals surface area contributed by atoms with Crippen molar-refractivity contribution in [1.82, 2.24) is 0 Å². The largest absolute Gasteiger partial charge is 0.493 e. The zero-order valence-electron chi connectivity index (χ0n) is 14.3. The molecule has 0 unspecified atom stereocenters. The van der Waals surface area contributed by atoms with Crippen molar-refractivity contribution < 1.29 is 9.53 Å². The van der Waals surface area contributed by atoms with E-state index in [4.69, 9.17) is 27.9 Å². The van der Waals surface area contributed by atoms with Gasteiger partial charge in [0, 0.05) is 31.9 Å². The average Bonchev–Trinajstić information content (AvgIpc) is 2.66. The van der Waals surface area contributed by atoms with E-state index in [-0.39, 0.29) is 5.91 Å². The van der Waals surface area contributed by atoms with Crippen LogP contribution in [0, 0.1) is 0 Å². The highest BCUT2D eigenvalue weighted by molar-refractivity contribution is 7.99. The SMILES string of the molecule is O=C(Nc1cc(Cl)cc(Cl)c1)c1ccc(OCCSc2ccccc2)cc1. The minimum Gasteiger partial charge on any atom is -0.493 e. The molecule has 3 rings (SSSR count). The smallest absolute Gasteiger partial charge is 0.255 e. The Morgan fingerprint density at radius 2 is 1.59 bits per heavy atom. The summed E-state index contributed by atoms with van der Waals surface area (Å²) in [5.41, 5.74) is 1.08. The van der Waals surface area contributed by atoms with Crippen LogP contribution in [0.15, 0.2) is 77.7 Å². The first kappa shape index (κ1) is 19.6. The Labute approximate surface area is 172 Å². The molecule has 0 atom stereocenters. The fourth-order valence-electron chi connectivity index (χ4n) is 2.37. The average molecular weight is 418 g/mol. The molecule has 1 amide bonds. The van der Waals surface area contributed by atoms with Crippen LogP contribution in [0.4, 0.5) is 5.69 Å². The predicted octanol–water partition coefficient (Wildman–Crippen LogP) is 6.42. The number of hydrogen-bond acceptors (Lipinski definition) is 3. The second kappa shape index (κ2) is 9.70. The lowest BCUT2D eigenvalue weighted by atomic mass is 10.2. The second-order valence-corrected chi connectivity index (χ2v) is 7.69. The quantitative estimate of drug-likeness (QED) is 0.356. The summed E-state index contributed by atoms with van der Waals surface area (Å²) in [6, 6.07) is 22.1. The van der Waals surface area contributed by atoms with E-state index in [1.807, 2.05) is 18.2 Å². The van der Waals surface area contributed by atoms with Crippen molar-refractivity contribution in [2.24, 2.45) is 0 Å².